The van der Waals surface area contributed by atoms with Gasteiger partial charge in [-0.3, -0.25) is 34.2 Å². The van der Waals surface area contributed by atoms with E-state index in [0.717, 1.165) is 26.4 Å². The van der Waals surface area contributed by atoms with Gasteiger partial charge in [0.2, 0.25) is 5.82 Å². The van der Waals surface area contributed by atoms with Crippen LogP contribution < -0.4 is 11.2 Å². The van der Waals surface area contributed by atoms with Gasteiger partial charge in [-0.25, -0.2) is 9.78 Å². The number of nitro benzene ring substituents is 2. The normalized spacial score (nSPS) is 11.1. The van der Waals surface area contributed by atoms with Gasteiger partial charge in [0.15, 0.2) is 0 Å². The minimum atomic E-state index is -1.14. The highest BCUT2D eigenvalue weighted by molar-refractivity contribution is 5.76. The van der Waals surface area contributed by atoms with Crippen molar-refractivity contribution in [2.75, 3.05) is 0 Å². The van der Waals surface area contributed by atoms with Crippen molar-refractivity contribution in [2.24, 2.45) is 0 Å². The summed E-state index contributed by atoms with van der Waals surface area (Å²) in [4.78, 5) is 51.2. The van der Waals surface area contributed by atoms with Crippen LogP contribution >= 0.6 is 0 Å². The van der Waals surface area contributed by atoms with E-state index in [4.69, 9.17) is 0 Å². The van der Waals surface area contributed by atoms with Crippen LogP contribution in [0.25, 0.3) is 11.0 Å². The summed E-state index contributed by atoms with van der Waals surface area (Å²) in [6.45, 7) is -0.182. The Bertz CT molecular complexity index is 1840. The van der Waals surface area contributed by atoms with Crippen LogP contribution in [-0.2, 0) is 19.6 Å². The summed E-state index contributed by atoms with van der Waals surface area (Å²) in [7, 11) is 0. The average Bonchev–Trinajstić information content (AvgIpc) is 3.27. The van der Waals surface area contributed by atoms with Gasteiger partial charge in [0, 0.05) is 30.8 Å². The van der Waals surface area contributed by atoms with Gasteiger partial charge in [-0.15, -0.1) is 0 Å². The summed E-state index contributed by atoms with van der Waals surface area (Å²) in [5, 5.41) is 21.9. The molecule has 39 heavy (non-hydrogen) atoms. The van der Waals surface area contributed by atoms with Crippen LogP contribution in [0.1, 0.15) is 17.0 Å². The van der Waals surface area contributed by atoms with Crippen molar-refractivity contribution in [3.05, 3.63) is 143 Å². The Morgan fingerprint density at radius 3 is 1.85 bits per heavy atom. The topological polar surface area (TPSA) is 148 Å². The van der Waals surface area contributed by atoms with E-state index in [0.29, 0.717) is 16.9 Å². The number of para-hydroxylation sites is 2. The summed E-state index contributed by atoms with van der Waals surface area (Å²) < 4.78 is 18.3. The van der Waals surface area contributed by atoms with Gasteiger partial charge < -0.3 is 4.57 Å². The molecule has 0 N–H and O–H groups in total. The summed E-state index contributed by atoms with van der Waals surface area (Å²) in [6, 6.07) is 18.5. The van der Waals surface area contributed by atoms with Gasteiger partial charge in [-0.2, -0.15) is 4.39 Å². The van der Waals surface area contributed by atoms with Crippen LogP contribution in [-0.4, -0.2) is 28.5 Å². The molecule has 0 saturated heterocycles. The second-order valence-corrected chi connectivity index (χ2v) is 8.73. The van der Waals surface area contributed by atoms with Crippen molar-refractivity contribution in [1.29, 1.82) is 0 Å². The zero-order valence-electron chi connectivity index (χ0n) is 20.1. The molecule has 0 bridgehead atoms. The smallest absolute Gasteiger partial charge is 0.322 e. The number of aromatic nitrogens is 4. The molecule has 0 aliphatic carbocycles. The second-order valence-electron chi connectivity index (χ2n) is 8.73. The molecule has 0 unspecified atom stereocenters. The number of nitro groups is 2. The monoisotopic (exact) mass is 530 g/mol. The minimum Gasteiger partial charge on any atom is -0.322 e. The highest BCUT2D eigenvalue weighted by atomic mass is 19.1. The average molecular weight is 530 g/mol. The number of non-ortho nitro benzene ring substituents is 2. The molecule has 2 aromatic heterocycles. The molecular formula is C26H19FN6O6. The Morgan fingerprint density at radius 2 is 1.28 bits per heavy atom. The van der Waals surface area contributed by atoms with Crippen molar-refractivity contribution in [3.8, 4) is 0 Å². The first kappa shape index (κ1) is 25.2. The lowest BCUT2D eigenvalue weighted by molar-refractivity contribution is -0.385. The summed E-state index contributed by atoms with van der Waals surface area (Å²) in [5.74, 6) is -0.744. The highest BCUT2D eigenvalue weighted by Gasteiger charge is 2.17. The van der Waals surface area contributed by atoms with Gasteiger partial charge in [0.25, 0.3) is 16.9 Å². The molecule has 0 saturated carbocycles. The minimum absolute atomic E-state index is 0.0493. The Kier molecular flexibility index (Phi) is 6.54. The maximum Gasteiger partial charge on any atom is 0.331 e. The summed E-state index contributed by atoms with van der Waals surface area (Å²) in [5.41, 5.74) is 0.402. The van der Waals surface area contributed by atoms with Crippen molar-refractivity contribution in [1.82, 2.24) is 18.7 Å². The third kappa shape index (κ3) is 5.05. The number of imidazole rings is 1. The first-order chi connectivity index (χ1) is 18.7. The lowest BCUT2D eigenvalue weighted by Gasteiger charge is -2.13. The molecule has 0 spiro atoms. The van der Waals surface area contributed by atoms with Crippen molar-refractivity contribution in [2.45, 2.75) is 19.6 Å². The number of fused-ring (bicyclic) bond motifs is 1. The second kappa shape index (κ2) is 10.1. The molecule has 196 valence electrons. The SMILES string of the molecule is O=c1c(F)cn(Cc2nc3ccccc3n2Cc2ccc([N+](=O)[O-])cc2)c(=O)n1Cc1ccc([N+](=O)[O-])cc1. The van der Waals surface area contributed by atoms with Crippen LogP contribution in [0.15, 0.2) is 88.6 Å². The number of rotatable bonds is 8. The number of nitrogens with zero attached hydrogens (tertiary/aromatic N) is 6. The standard InChI is InChI=1S/C26H19FN6O6/c27-21-15-29(26(35)31(25(21)34)14-18-7-11-20(12-8-18)33(38)39)16-24-28-22-3-1-2-4-23(22)30(24)13-17-5-9-19(10-6-17)32(36)37/h1-12,15H,13-14,16H2. The van der Waals surface area contributed by atoms with Crippen molar-refractivity contribution < 1.29 is 14.2 Å². The molecule has 0 aliphatic heterocycles. The fourth-order valence-electron chi connectivity index (χ4n) is 4.26. The lowest BCUT2D eigenvalue weighted by atomic mass is 10.2. The first-order valence-corrected chi connectivity index (χ1v) is 11.6. The Labute approximate surface area is 218 Å². The predicted octanol–water partition coefficient (Wildman–Crippen LogP) is 3.46. The van der Waals surface area contributed by atoms with E-state index in [1.54, 1.807) is 24.3 Å². The molecule has 13 heteroatoms. The molecule has 3 aromatic carbocycles. The van der Waals surface area contributed by atoms with E-state index in [2.05, 4.69) is 4.98 Å². The van der Waals surface area contributed by atoms with Crippen LogP contribution in [0.5, 0.6) is 0 Å². The molecule has 0 atom stereocenters. The number of hydrogen-bond acceptors (Lipinski definition) is 7. The van der Waals surface area contributed by atoms with E-state index in [1.807, 2.05) is 16.7 Å². The van der Waals surface area contributed by atoms with Crippen LogP contribution in [0.4, 0.5) is 15.8 Å². The predicted molar refractivity (Wildman–Crippen MR) is 138 cm³/mol. The van der Waals surface area contributed by atoms with E-state index in [1.165, 1.54) is 36.4 Å². The van der Waals surface area contributed by atoms with Gasteiger partial charge in [-0.05, 0) is 23.3 Å². The lowest BCUT2D eigenvalue weighted by Crippen LogP contribution is -2.41. The number of benzene rings is 3. The molecule has 5 aromatic rings. The summed E-state index contributed by atoms with van der Waals surface area (Å²) in [6.07, 6.45) is 0.826. The van der Waals surface area contributed by atoms with Gasteiger partial charge in [0.05, 0.1) is 40.2 Å². The van der Waals surface area contributed by atoms with Crippen LogP contribution in [0, 0.1) is 26.0 Å². The van der Waals surface area contributed by atoms with Gasteiger partial charge in [-0.1, -0.05) is 36.4 Å². The third-order valence-corrected chi connectivity index (χ3v) is 6.22. The highest BCUT2D eigenvalue weighted by Crippen LogP contribution is 2.20. The molecule has 2 heterocycles. The van der Waals surface area contributed by atoms with Gasteiger partial charge >= 0.3 is 5.69 Å². The van der Waals surface area contributed by atoms with Crippen molar-refractivity contribution in [3.63, 3.8) is 0 Å². The Morgan fingerprint density at radius 1 is 0.744 bits per heavy atom. The van der Waals surface area contributed by atoms with E-state index in [9.17, 15) is 34.2 Å². The molecule has 0 radical (unpaired) electrons. The largest absolute Gasteiger partial charge is 0.331 e. The zero-order valence-corrected chi connectivity index (χ0v) is 20.1. The van der Waals surface area contributed by atoms with Crippen LogP contribution in [0.2, 0.25) is 0 Å². The Balaban J connectivity index is 1.52. The maximum atomic E-state index is 14.7. The molecule has 0 fully saturated rings. The third-order valence-electron chi connectivity index (χ3n) is 6.22. The van der Waals surface area contributed by atoms with E-state index in [-0.39, 0.29) is 31.0 Å². The maximum absolute atomic E-state index is 14.7. The molecular weight excluding hydrogens is 511 g/mol. The number of hydrogen-bond donors (Lipinski definition) is 0. The quantitative estimate of drug-likeness (QED) is 0.220. The first-order valence-electron chi connectivity index (χ1n) is 11.6. The fourth-order valence-corrected chi connectivity index (χ4v) is 4.26. The van der Waals surface area contributed by atoms with Crippen molar-refractivity contribution >= 4 is 22.4 Å². The molecule has 0 aliphatic rings. The van der Waals surface area contributed by atoms with E-state index >= 15 is 0 Å². The fraction of sp³-hybridized carbons (Fsp3) is 0.115. The summed E-state index contributed by atoms with van der Waals surface area (Å²) >= 11 is 0. The molecule has 12 nitrogen and oxygen atoms in total. The molecule has 5 rings (SSSR count). The van der Waals surface area contributed by atoms with Crippen LogP contribution in [0.3, 0.4) is 0 Å². The van der Waals surface area contributed by atoms with E-state index < -0.39 is 26.9 Å². The van der Waals surface area contributed by atoms with Gasteiger partial charge in [0.1, 0.15) is 5.82 Å². The number of halogens is 1. The Hall–Kier alpha value is -5.46. The molecule has 0 amide bonds. The zero-order chi connectivity index (χ0) is 27.7.